The van der Waals surface area contributed by atoms with E-state index in [1.807, 2.05) is 0 Å². The molecule has 0 unspecified atom stereocenters. The van der Waals surface area contributed by atoms with Gasteiger partial charge in [0.15, 0.2) is 6.73 Å². The van der Waals surface area contributed by atoms with Gasteiger partial charge in [-0.05, 0) is 0 Å². The molecule has 0 aromatic carbocycles. The summed E-state index contributed by atoms with van der Waals surface area (Å²) in [5, 5.41) is 0. The van der Waals surface area contributed by atoms with E-state index in [0.29, 0.717) is 6.73 Å². The van der Waals surface area contributed by atoms with Gasteiger partial charge in [-0.3, -0.25) is 0 Å². The van der Waals surface area contributed by atoms with E-state index in [0.717, 1.165) is 0 Å². The summed E-state index contributed by atoms with van der Waals surface area (Å²) in [4.78, 5) is 0. The van der Waals surface area contributed by atoms with Gasteiger partial charge in [0.2, 0.25) is 0 Å². The van der Waals surface area contributed by atoms with E-state index in [1.54, 1.807) is 12.5 Å². The maximum Gasteiger partial charge on any atom is 0.154 e. The number of rotatable bonds is 0. The summed E-state index contributed by atoms with van der Waals surface area (Å²) < 4.78 is 4.72. The zero-order valence-corrected chi connectivity index (χ0v) is 3.27. The summed E-state index contributed by atoms with van der Waals surface area (Å²) in [6, 6.07) is 0. The molecular formula is C3H6N2O. The van der Waals surface area contributed by atoms with Gasteiger partial charge >= 0.3 is 0 Å². The third kappa shape index (κ3) is 0.621. The predicted molar refractivity (Wildman–Crippen MR) is 21.4 cm³/mol. The van der Waals surface area contributed by atoms with Crippen LogP contribution in [0.1, 0.15) is 0 Å². The molecule has 0 aliphatic carbocycles. The topological polar surface area (TPSA) is 33.3 Å². The molecular weight excluding hydrogens is 80.0 g/mol. The van der Waals surface area contributed by atoms with Crippen molar-refractivity contribution in [1.29, 1.82) is 0 Å². The summed E-state index contributed by atoms with van der Waals surface area (Å²) in [6.07, 6.45) is 3.28. The average Bonchev–Trinajstić information content (AvgIpc) is 1.72. The summed E-state index contributed by atoms with van der Waals surface area (Å²) in [5.74, 6) is 0. The minimum atomic E-state index is 0.552. The lowest BCUT2D eigenvalue weighted by atomic mass is 10.9. The molecule has 0 spiro atoms. The third-order valence-electron chi connectivity index (χ3n) is 0.505. The Bertz CT molecular complexity index is 53.8. The minimum Gasteiger partial charge on any atom is -0.483 e. The normalized spacial score (nSPS) is 18.7. The molecule has 0 bridgehead atoms. The number of hydrogen-bond donors (Lipinski definition) is 2. The molecule has 0 atom stereocenters. The van der Waals surface area contributed by atoms with Crippen LogP contribution in [0.25, 0.3) is 0 Å². The Hall–Kier alpha value is -0.700. The van der Waals surface area contributed by atoms with Crippen molar-refractivity contribution in [3.05, 3.63) is 12.5 Å². The van der Waals surface area contributed by atoms with Gasteiger partial charge < -0.3 is 10.2 Å². The van der Waals surface area contributed by atoms with Gasteiger partial charge in [0, 0.05) is 6.20 Å². The first-order chi connectivity index (χ1) is 3.00. The molecule has 0 aromatic heterocycles. The van der Waals surface area contributed by atoms with E-state index >= 15 is 0 Å². The number of ether oxygens (including phenoxy) is 1. The average molecular weight is 86.1 g/mol. The van der Waals surface area contributed by atoms with Crippen LogP contribution in [-0.4, -0.2) is 6.73 Å². The van der Waals surface area contributed by atoms with E-state index < -0.39 is 0 Å². The van der Waals surface area contributed by atoms with E-state index in [4.69, 9.17) is 4.74 Å². The molecule has 0 radical (unpaired) electrons. The fourth-order valence-corrected chi connectivity index (χ4v) is 0.273. The fourth-order valence-electron chi connectivity index (χ4n) is 0.273. The van der Waals surface area contributed by atoms with Gasteiger partial charge in [0.25, 0.3) is 0 Å². The Labute approximate surface area is 36.0 Å². The summed E-state index contributed by atoms with van der Waals surface area (Å²) in [7, 11) is 0. The SMILES string of the molecule is C1=COCNN1. The first-order valence-corrected chi connectivity index (χ1v) is 1.75. The van der Waals surface area contributed by atoms with E-state index in [2.05, 4.69) is 10.9 Å². The highest BCUT2D eigenvalue weighted by Gasteiger charge is 1.81. The monoisotopic (exact) mass is 86.0 g/mol. The molecule has 0 saturated heterocycles. The molecule has 0 saturated carbocycles. The van der Waals surface area contributed by atoms with Crippen molar-refractivity contribution in [1.82, 2.24) is 10.9 Å². The van der Waals surface area contributed by atoms with Crippen LogP contribution >= 0.6 is 0 Å². The molecule has 0 aromatic rings. The second-order valence-corrected chi connectivity index (χ2v) is 0.935. The molecule has 6 heavy (non-hydrogen) atoms. The van der Waals surface area contributed by atoms with Gasteiger partial charge in [-0.2, -0.15) is 0 Å². The third-order valence-corrected chi connectivity index (χ3v) is 0.505. The van der Waals surface area contributed by atoms with Crippen LogP contribution in [0.3, 0.4) is 0 Å². The van der Waals surface area contributed by atoms with Crippen molar-refractivity contribution >= 4 is 0 Å². The van der Waals surface area contributed by atoms with Crippen molar-refractivity contribution in [3.63, 3.8) is 0 Å². The highest BCUT2D eigenvalue weighted by molar-refractivity contribution is 4.69. The van der Waals surface area contributed by atoms with Crippen molar-refractivity contribution < 1.29 is 4.74 Å². The van der Waals surface area contributed by atoms with E-state index in [1.165, 1.54) is 0 Å². The first-order valence-electron chi connectivity index (χ1n) is 1.75. The predicted octanol–water partition coefficient (Wildman–Crippen LogP) is -0.461. The molecule has 3 nitrogen and oxygen atoms in total. The van der Waals surface area contributed by atoms with Crippen LogP contribution in [0.2, 0.25) is 0 Å². The minimum absolute atomic E-state index is 0.552. The number of hydrogen-bond acceptors (Lipinski definition) is 3. The molecule has 1 aliphatic heterocycles. The molecule has 0 amide bonds. The highest BCUT2D eigenvalue weighted by Crippen LogP contribution is 1.73. The van der Waals surface area contributed by atoms with E-state index in [-0.39, 0.29) is 0 Å². The molecule has 2 N–H and O–H groups in total. The Morgan fingerprint density at radius 1 is 1.67 bits per heavy atom. The van der Waals surface area contributed by atoms with Gasteiger partial charge in [0.05, 0.1) is 0 Å². The Balaban J connectivity index is 2.26. The zero-order chi connectivity index (χ0) is 4.24. The summed E-state index contributed by atoms with van der Waals surface area (Å²) in [5.41, 5.74) is 5.45. The van der Waals surface area contributed by atoms with Crippen LogP contribution < -0.4 is 10.9 Å². The molecule has 1 aliphatic rings. The van der Waals surface area contributed by atoms with Crippen molar-refractivity contribution in [3.8, 4) is 0 Å². The maximum atomic E-state index is 4.72. The molecule has 34 valence electrons. The van der Waals surface area contributed by atoms with Crippen LogP contribution in [0, 0.1) is 0 Å². The second-order valence-electron chi connectivity index (χ2n) is 0.935. The Morgan fingerprint density at radius 3 is 2.83 bits per heavy atom. The largest absolute Gasteiger partial charge is 0.483 e. The lowest BCUT2D eigenvalue weighted by Gasteiger charge is -2.07. The van der Waals surface area contributed by atoms with Crippen molar-refractivity contribution in [2.75, 3.05) is 6.73 Å². The van der Waals surface area contributed by atoms with Crippen LogP contribution in [0.4, 0.5) is 0 Å². The van der Waals surface area contributed by atoms with Crippen LogP contribution in [0.5, 0.6) is 0 Å². The summed E-state index contributed by atoms with van der Waals surface area (Å²) in [6.45, 7) is 0.552. The van der Waals surface area contributed by atoms with Gasteiger partial charge in [-0.25, -0.2) is 5.43 Å². The lowest BCUT2D eigenvalue weighted by molar-refractivity contribution is 0.191. The molecule has 1 rings (SSSR count). The zero-order valence-electron chi connectivity index (χ0n) is 3.27. The number of hydrazine groups is 1. The number of nitrogens with one attached hydrogen (secondary N) is 2. The van der Waals surface area contributed by atoms with E-state index in [9.17, 15) is 0 Å². The molecule has 3 heteroatoms. The standard InChI is InChI=1S/C3H6N2O/c1-2-6-3-5-4-1/h1-2,4-5H,3H2. The lowest BCUT2D eigenvalue weighted by Crippen LogP contribution is -2.31. The second kappa shape index (κ2) is 1.67. The van der Waals surface area contributed by atoms with Crippen LogP contribution in [0.15, 0.2) is 12.5 Å². The van der Waals surface area contributed by atoms with Gasteiger partial charge in [-0.1, -0.05) is 0 Å². The van der Waals surface area contributed by atoms with Crippen molar-refractivity contribution in [2.45, 2.75) is 0 Å². The summed E-state index contributed by atoms with van der Waals surface area (Å²) >= 11 is 0. The van der Waals surface area contributed by atoms with Crippen LogP contribution in [-0.2, 0) is 4.74 Å². The van der Waals surface area contributed by atoms with Gasteiger partial charge in [0.1, 0.15) is 6.26 Å². The molecule has 0 fully saturated rings. The fraction of sp³-hybridized carbons (Fsp3) is 0.333. The maximum absolute atomic E-state index is 4.72. The Kier molecular flexibility index (Phi) is 0.969. The Morgan fingerprint density at radius 2 is 2.67 bits per heavy atom. The smallest absolute Gasteiger partial charge is 0.154 e. The quantitative estimate of drug-likeness (QED) is 0.418. The molecule has 1 heterocycles. The van der Waals surface area contributed by atoms with Gasteiger partial charge in [-0.15, -0.1) is 0 Å². The van der Waals surface area contributed by atoms with Crippen molar-refractivity contribution in [2.24, 2.45) is 0 Å². The first kappa shape index (κ1) is 3.49. The highest BCUT2D eigenvalue weighted by atomic mass is 16.5.